The highest BCUT2D eigenvalue weighted by Gasteiger charge is 2.20. The summed E-state index contributed by atoms with van der Waals surface area (Å²) in [6.45, 7) is 0. The van der Waals surface area contributed by atoms with Crippen LogP contribution in [0.3, 0.4) is 0 Å². The molecule has 6 aromatic carbocycles. The molecule has 226 valence electrons. The maximum atomic E-state index is 4.95. The van der Waals surface area contributed by atoms with Crippen molar-refractivity contribution in [3.63, 3.8) is 0 Å². The third kappa shape index (κ3) is 4.29. The highest BCUT2D eigenvalue weighted by Crippen LogP contribution is 2.43. The van der Waals surface area contributed by atoms with Crippen molar-refractivity contribution in [3.8, 4) is 39.9 Å². The summed E-state index contributed by atoms with van der Waals surface area (Å²) < 4.78 is 9.45. The Hall–Kier alpha value is -5.73. The van der Waals surface area contributed by atoms with Gasteiger partial charge in [-0.1, -0.05) is 112 Å². The van der Waals surface area contributed by atoms with Crippen molar-refractivity contribution < 1.29 is 0 Å². The largest absolute Gasteiger partial charge is 0.316 e. The van der Waals surface area contributed by atoms with Gasteiger partial charge in [0, 0.05) is 44.7 Å². The monoisotopic (exact) mass is 727 g/mol. The lowest BCUT2D eigenvalue weighted by molar-refractivity contribution is 1.07. The summed E-state index contributed by atoms with van der Waals surface area (Å²) in [5.41, 5.74) is 8.84. The fraction of sp³-hybridized carbons (Fsp3) is 0. The van der Waals surface area contributed by atoms with E-state index in [-0.39, 0.29) is 20.7 Å². The van der Waals surface area contributed by atoms with Gasteiger partial charge in [0.1, 0.15) is 0 Å². The molecule has 0 atom stereocenters. The summed E-state index contributed by atoms with van der Waals surface area (Å²) >= 11 is -0.0685. The highest BCUT2D eigenvalue weighted by atomic mass is 127. The summed E-state index contributed by atoms with van der Waals surface area (Å²) in [5, 5.41) is 6.43. The van der Waals surface area contributed by atoms with Gasteiger partial charge in [-0.15, -0.1) is 0 Å². The van der Waals surface area contributed by atoms with Crippen LogP contribution in [0.1, 0.15) is 0 Å². The first-order chi connectivity index (χ1) is 23.8. The molecule has 0 aliphatic carbocycles. The lowest BCUT2D eigenvalue weighted by atomic mass is 10.00. The molecule has 0 amide bonds. The van der Waals surface area contributed by atoms with Gasteiger partial charge >= 0.3 is 0 Å². The number of fused-ring (bicyclic) bond motifs is 2. The lowest BCUT2D eigenvalue weighted by Gasteiger charge is -2.12. The Bertz CT molecular complexity index is 2690. The summed E-state index contributed by atoms with van der Waals surface area (Å²) in [6.07, 6.45) is 6.63. The molecular formula is C42H26IN5. The van der Waals surface area contributed by atoms with Crippen LogP contribution in [0.5, 0.6) is 0 Å². The third-order valence-corrected chi connectivity index (χ3v) is 11.0. The molecule has 4 heterocycles. The van der Waals surface area contributed by atoms with Gasteiger partial charge in [-0.25, -0.2) is 15.0 Å². The van der Waals surface area contributed by atoms with Crippen LogP contribution in [-0.4, -0.2) is 28.1 Å². The van der Waals surface area contributed by atoms with Crippen LogP contribution in [0, 0.1) is 0 Å². The standard InChI is InChI=1S/C42H26IN5/c1-3-9-28(10-4-1)40-44-41(29-11-5-2-6-12-29)46-42(45-40)30-16-19-31(20-17-30)48-35-15-7-13-27-18-21-34-33-22-24-47(32-14-8-23-43-26-32)36(33)25-37(48)39(34)38(27)35/h1-26H. The minimum Gasteiger partial charge on any atom is -0.316 e. The quantitative estimate of drug-likeness (QED) is 0.131. The average Bonchev–Trinajstić information content (AvgIpc) is 3.75. The van der Waals surface area contributed by atoms with Gasteiger partial charge in [0.25, 0.3) is 0 Å². The van der Waals surface area contributed by atoms with Crippen LogP contribution in [0.2, 0.25) is 0 Å². The molecule has 3 aromatic heterocycles. The van der Waals surface area contributed by atoms with Crippen molar-refractivity contribution in [1.29, 1.82) is 0 Å². The van der Waals surface area contributed by atoms with Crippen LogP contribution in [0.4, 0.5) is 0 Å². The SMILES string of the molecule is C1=CC(n2ccc3c4ccc5cccc6c5c4c(cc32)n6-c2ccc(-c3nc(-c4ccccc4)nc(-c4ccccc4)n3)cc2)=CI=C1. The molecule has 1 aliphatic rings. The van der Waals surface area contributed by atoms with E-state index in [0.29, 0.717) is 17.5 Å². The molecule has 5 nitrogen and oxygen atoms in total. The van der Waals surface area contributed by atoms with E-state index in [1.165, 1.54) is 49.2 Å². The molecule has 0 spiro atoms. The molecule has 48 heavy (non-hydrogen) atoms. The molecule has 0 saturated carbocycles. The van der Waals surface area contributed by atoms with Crippen LogP contribution in [0.15, 0.2) is 150 Å². The molecule has 0 N–H and O–H groups in total. The van der Waals surface area contributed by atoms with Crippen LogP contribution in [0.25, 0.3) is 89.0 Å². The van der Waals surface area contributed by atoms with Crippen molar-refractivity contribution in [3.05, 3.63) is 150 Å². The fourth-order valence-electron chi connectivity index (χ4n) is 7.01. The van der Waals surface area contributed by atoms with E-state index in [9.17, 15) is 0 Å². The summed E-state index contributed by atoms with van der Waals surface area (Å²) in [5.74, 6) is 1.97. The zero-order valence-corrected chi connectivity index (χ0v) is 27.8. The summed E-state index contributed by atoms with van der Waals surface area (Å²) in [7, 11) is 0. The topological polar surface area (TPSA) is 48.5 Å². The van der Waals surface area contributed by atoms with Gasteiger partial charge in [0.15, 0.2) is 17.5 Å². The summed E-state index contributed by atoms with van der Waals surface area (Å²) in [6, 6.07) is 44.7. The zero-order valence-electron chi connectivity index (χ0n) is 25.6. The minimum absolute atomic E-state index is 0.0685. The van der Waals surface area contributed by atoms with E-state index in [0.717, 1.165) is 22.4 Å². The lowest BCUT2D eigenvalue weighted by Crippen LogP contribution is -2.00. The second kappa shape index (κ2) is 10.9. The molecule has 1 aliphatic heterocycles. The van der Waals surface area contributed by atoms with E-state index in [1.54, 1.807) is 0 Å². The van der Waals surface area contributed by atoms with Crippen molar-refractivity contribution in [2.45, 2.75) is 0 Å². The zero-order chi connectivity index (χ0) is 31.6. The molecule has 0 bridgehead atoms. The van der Waals surface area contributed by atoms with Gasteiger partial charge < -0.3 is 9.13 Å². The molecule has 6 heteroatoms. The van der Waals surface area contributed by atoms with Crippen LogP contribution < -0.4 is 0 Å². The Morgan fingerprint density at radius 2 is 1.21 bits per heavy atom. The number of benzene rings is 6. The number of allylic oxidation sites excluding steroid dienone is 3. The third-order valence-electron chi connectivity index (χ3n) is 9.20. The van der Waals surface area contributed by atoms with Gasteiger partial charge in [-0.3, -0.25) is 0 Å². The average molecular weight is 728 g/mol. The smallest absolute Gasteiger partial charge is 0.164 e. The Morgan fingerprint density at radius 3 is 1.88 bits per heavy atom. The maximum Gasteiger partial charge on any atom is 0.164 e. The number of halogens is 1. The normalized spacial score (nSPS) is 13.1. The molecule has 0 radical (unpaired) electrons. The Kier molecular flexibility index (Phi) is 6.23. The van der Waals surface area contributed by atoms with E-state index in [2.05, 4.69) is 102 Å². The molecule has 0 fully saturated rings. The van der Waals surface area contributed by atoms with E-state index in [4.69, 9.17) is 15.0 Å². The predicted octanol–water partition coefficient (Wildman–Crippen LogP) is 10.7. The first-order valence-corrected chi connectivity index (χ1v) is 18.4. The van der Waals surface area contributed by atoms with Crippen LogP contribution in [-0.2, 0) is 0 Å². The molecule has 0 saturated heterocycles. The number of hydrogen-bond donors (Lipinski definition) is 0. The molecule has 10 rings (SSSR count). The summed E-state index contributed by atoms with van der Waals surface area (Å²) in [4.78, 5) is 14.8. The van der Waals surface area contributed by atoms with Gasteiger partial charge in [-0.05, 0) is 67.4 Å². The van der Waals surface area contributed by atoms with Gasteiger partial charge in [0.05, 0.1) is 22.2 Å². The number of nitrogens with zero attached hydrogens (tertiary/aromatic N) is 5. The Balaban J connectivity index is 1.16. The van der Waals surface area contributed by atoms with E-state index in [1.807, 2.05) is 60.7 Å². The van der Waals surface area contributed by atoms with E-state index >= 15 is 0 Å². The van der Waals surface area contributed by atoms with Gasteiger partial charge in [0.2, 0.25) is 0 Å². The maximum absolute atomic E-state index is 4.95. The van der Waals surface area contributed by atoms with Crippen molar-refractivity contribution in [2.75, 3.05) is 0 Å². The predicted molar refractivity (Wildman–Crippen MR) is 208 cm³/mol. The minimum atomic E-state index is -0.0685. The second-order valence-electron chi connectivity index (χ2n) is 11.9. The first kappa shape index (κ1) is 27.4. The van der Waals surface area contributed by atoms with Crippen molar-refractivity contribution >= 4 is 73.9 Å². The van der Waals surface area contributed by atoms with Crippen molar-refractivity contribution in [2.24, 2.45) is 0 Å². The Labute approximate surface area is 286 Å². The van der Waals surface area contributed by atoms with Crippen molar-refractivity contribution in [1.82, 2.24) is 24.1 Å². The fourth-order valence-corrected chi connectivity index (χ4v) is 8.54. The number of aromatic nitrogens is 5. The second-order valence-corrected chi connectivity index (χ2v) is 14.0. The van der Waals surface area contributed by atoms with E-state index < -0.39 is 0 Å². The first-order valence-electron chi connectivity index (χ1n) is 15.9. The molecular weight excluding hydrogens is 701 g/mol. The highest BCUT2D eigenvalue weighted by molar-refractivity contribution is 14.2. The van der Waals surface area contributed by atoms with Gasteiger partial charge in [-0.2, -0.15) is 0 Å². The molecule has 9 aromatic rings. The Morgan fingerprint density at radius 1 is 0.521 bits per heavy atom. The number of hydrogen-bond acceptors (Lipinski definition) is 3. The number of rotatable bonds is 5. The molecule has 0 unspecified atom stereocenters. The van der Waals surface area contributed by atoms with Crippen LogP contribution >= 0.6 is 20.7 Å².